The van der Waals surface area contributed by atoms with Gasteiger partial charge < -0.3 is 4.74 Å². The van der Waals surface area contributed by atoms with E-state index in [-0.39, 0.29) is 0 Å². The standard InChI is InChI=1S/C24H32O/c1-4-18(2)17-25-24-15-13-23(14-16-24)22-11-9-21(10-12-22)20-7-5-19(3)6-8-20/h9-16,18-20H,4-8,17H2,1-3H3. The SMILES string of the molecule is CCC(C)COc1ccc(-c2ccc(C3CCC(C)CC3)cc2)cc1. The highest BCUT2D eigenvalue weighted by Gasteiger charge is 2.19. The number of benzene rings is 2. The van der Waals surface area contributed by atoms with Crippen LogP contribution in [0.1, 0.15) is 64.4 Å². The molecule has 1 aliphatic rings. The summed E-state index contributed by atoms with van der Waals surface area (Å²) in [5, 5.41) is 0. The third kappa shape index (κ3) is 4.87. The van der Waals surface area contributed by atoms with E-state index in [0.717, 1.165) is 30.6 Å². The summed E-state index contributed by atoms with van der Waals surface area (Å²) in [6, 6.07) is 17.8. The molecule has 1 fully saturated rings. The number of hydrogen-bond acceptors (Lipinski definition) is 1. The first kappa shape index (κ1) is 18.0. The van der Waals surface area contributed by atoms with Crippen LogP contribution in [0.2, 0.25) is 0 Å². The van der Waals surface area contributed by atoms with E-state index < -0.39 is 0 Å². The van der Waals surface area contributed by atoms with Crippen molar-refractivity contribution < 1.29 is 4.74 Å². The van der Waals surface area contributed by atoms with E-state index in [2.05, 4.69) is 69.3 Å². The van der Waals surface area contributed by atoms with Crippen LogP contribution >= 0.6 is 0 Å². The average molecular weight is 337 g/mol. The molecule has 25 heavy (non-hydrogen) atoms. The van der Waals surface area contributed by atoms with Crippen molar-refractivity contribution >= 4 is 0 Å². The monoisotopic (exact) mass is 336 g/mol. The Morgan fingerprint density at radius 2 is 1.44 bits per heavy atom. The van der Waals surface area contributed by atoms with Gasteiger partial charge in [-0.3, -0.25) is 0 Å². The Morgan fingerprint density at radius 3 is 2.00 bits per heavy atom. The van der Waals surface area contributed by atoms with Crippen LogP contribution in [0.4, 0.5) is 0 Å². The second kappa shape index (κ2) is 8.56. The highest BCUT2D eigenvalue weighted by atomic mass is 16.5. The van der Waals surface area contributed by atoms with Gasteiger partial charge in [0.1, 0.15) is 5.75 Å². The molecule has 0 bridgehead atoms. The second-order valence-corrected chi connectivity index (χ2v) is 7.93. The minimum atomic E-state index is 0.606. The predicted molar refractivity (Wildman–Crippen MR) is 107 cm³/mol. The van der Waals surface area contributed by atoms with Crippen molar-refractivity contribution in [1.82, 2.24) is 0 Å². The molecule has 2 aromatic rings. The molecule has 0 amide bonds. The van der Waals surface area contributed by atoms with E-state index in [1.165, 1.54) is 42.4 Å². The molecular weight excluding hydrogens is 304 g/mol. The first-order valence-electron chi connectivity index (χ1n) is 9.99. The van der Waals surface area contributed by atoms with E-state index >= 15 is 0 Å². The predicted octanol–water partition coefficient (Wildman–Crippen LogP) is 7.07. The molecule has 0 heterocycles. The molecule has 1 heteroatoms. The first-order chi connectivity index (χ1) is 12.2. The van der Waals surface area contributed by atoms with Crippen molar-refractivity contribution in [3.05, 3.63) is 54.1 Å². The minimum absolute atomic E-state index is 0.606. The molecule has 3 rings (SSSR count). The van der Waals surface area contributed by atoms with Gasteiger partial charge >= 0.3 is 0 Å². The van der Waals surface area contributed by atoms with Crippen molar-refractivity contribution in [2.24, 2.45) is 11.8 Å². The summed E-state index contributed by atoms with van der Waals surface area (Å²) in [7, 11) is 0. The molecule has 1 aliphatic carbocycles. The molecule has 1 saturated carbocycles. The molecule has 0 aliphatic heterocycles. The highest BCUT2D eigenvalue weighted by molar-refractivity contribution is 5.64. The molecule has 134 valence electrons. The lowest BCUT2D eigenvalue weighted by atomic mass is 9.79. The summed E-state index contributed by atoms with van der Waals surface area (Å²) in [4.78, 5) is 0. The molecule has 0 N–H and O–H groups in total. The van der Waals surface area contributed by atoms with Gasteiger partial charge in [0.05, 0.1) is 6.61 Å². The average Bonchev–Trinajstić information content (AvgIpc) is 2.67. The van der Waals surface area contributed by atoms with E-state index in [1.54, 1.807) is 0 Å². The van der Waals surface area contributed by atoms with Gasteiger partial charge in [0.25, 0.3) is 0 Å². The van der Waals surface area contributed by atoms with Crippen molar-refractivity contribution in [3.8, 4) is 16.9 Å². The molecule has 0 saturated heterocycles. The van der Waals surface area contributed by atoms with Crippen molar-refractivity contribution in [3.63, 3.8) is 0 Å². The van der Waals surface area contributed by atoms with Crippen LogP contribution in [-0.2, 0) is 0 Å². The quantitative estimate of drug-likeness (QED) is 0.548. The fourth-order valence-corrected chi connectivity index (χ4v) is 3.64. The molecule has 1 nitrogen and oxygen atoms in total. The number of hydrogen-bond donors (Lipinski definition) is 0. The lowest BCUT2D eigenvalue weighted by molar-refractivity contribution is 0.256. The Labute approximate surface area is 153 Å². The van der Waals surface area contributed by atoms with Crippen LogP contribution in [0.5, 0.6) is 5.75 Å². The zero-order valence-corrected chi connectivity index (χ0v) is 16.0. The summed E-state index contributed by atoms with van der Waals surface area (Å²) < 4.78 is 5.86. The lowest BCUT2D eigenvalue weighted by Gasteiger charge is -2.26. The molecule has 1 atom stereocenters. The molecular formula is C24H32O. The smallest absolute Gasteiger partial charge is 0.119 e. The fourth-order valence-electron chi connectivity index (χ4n) is 3.64. The van der Waals surface area contributed by atoms with E-state index in [0.29, 0.717) is 5.92 Å². The van der Waals surface area contributed by atoms with Crippen molar-refractivity contribution in [2.75, 3.05) is 6.61 Å². The van der Waals surface area contributed by atoms with Gasteiger partial charge in [0, 0.05) is 0 Å². The molecule has 2 aromatic carbocycles. The molecule has 0 aromatic heterocycles. The van der Waals surface area contributed by atoms with Crippen molar-refractivity contribution in [1.29, 1.82) is 0 Å². The van der Waals surface area contributed by atoms with Crippen molar-refractivity contribution in [2.45, 2.75) is 58.8 Å². The summed E-state index contributed by atoms with van der Waals surface area (Å²) in [6.45, 7) is 7.61. The lowest BCUT2D eigenvalue weighted by Crippen LogP contribution is -2.10. The zero-order chi connectivity index (χ0) is 17.6. The Bertz CT molecular complexity index is 633. The normalized spacial score (nSPS) is 21.7. The number of rotatable bonds is 6. The van der Waals surface area contributed by atoms with E-state index in [1.807, 2.05) is 0 Å². The van der Waals surface area contributed by atoms with Gasteiger partial charge in [-0.15, -0.1) is 0 Å². The summed E-state index contributed by atoms with van der Waals surface area (Å²) in [5.41, 5.74) is 4.07. The van der Waals surface area contributed by atoms with Gasteiger partial charge in [0.15, 0.2) is 0 Å². The summed E-state index contributed by atoms with van der Waals surface area (Å²) in [5.74, 6) is 3.25. The molecule has 1 unspecified atom stereocenters. The van der Waals surface area contributed by atoms with Gasteiger partial charge in [-0.25, -0.2) is 0 Å². The Balaban J connectivity index is 1.62. The maximum absolute atomic E-state index is 5.86. The zero-order valence-electron chi connectivity index (χ0n) is 16.0. The van der Waals surface area contributed by atoms with Crippen LogP contribution in [0.25, 0.3) is 11.1 Å². The van der Waals surface area contributed by atoms with Crippen LogP contribution in [0, 0.1) is 11.8 Å². The minimum Gasteiger partial charge on any atom is -0.493 e. The Kier molecular flexibility index (Phi) is 6.18. The Morgan fingerprint density at radius 1 is 0.880 bits per heavy atom. The van der Waals surface area contributed by atoms with Crippen LogP contribution in [0.3, 0.4) is 0 Å². The largest absolute Gasteiger partial charge is 0.493 e. The maximum atomic E-state index is 5.86. The van der Waals surface area contributed by atoms with E-state index in [9.17, 15) is 0 Å². The number of ether oxygens (including phenoxy) is 1. The first-order valence-corrected chi connectivity index (χ1v) is 9.99. The van der Waals surface area contributed by atoms with Crippen LogP contribution < -0.4 is 4.74 Å². The summed E-state index contributed by atoms with van der Waals surface area (Å²) in [6.07, 6.45) is 6.62. The molecule has 0 radical (unpaired) electrons. The maximum Gasteiger partial charge on any atom is 0.119 e. The third-order valence-corrected chi connectivity index (χ3v) is 5.82. The van der Waals surface area contributed by atoms with Gasteiger partial charge in [-0.1, -0.05) is 76.4 Å². The molecule has 0 spiro atoms. The second-order valence-electron chi connectivity index (χ2n) is 7.93. The fraction of sp³-hybridized carbons (Fsp3) is 0.500. The highest BCUT2D eigenvalue weighted by Crippen LogP contribution is 2.36. The van der Waals surface area contributed by atoms with Gasteiger partial charge in [-0.05, 0) is 59.4 Å². The Hall–Kier alpha value is -1.76. The summed E-state index contributed by atoms with van der Waals surface area (Å²) >= 11 is 0. The van der Waals surface area contributed by atoms with Gasteiger partial charge in [-0.2, -0.15) is 0 Å². The van der Waals surface area contributed by atoms with E-state index in [4.69, 9.17) is 4.74 Å². The van der Waals surface area contributed by atoms with Gasteiger partial charge in [0.2, 0.25) is 0 Å². The van der Waals surface area contributed by atoms with Crippen LogP contribution in [0.15, 0.2) is 48.5 Å². The van der Waals surface area contributed by atoms with Crippen LogP contribution in [-0.4, -0.2) is 6.61 Å². The topological polar surface area (TPSA) is 9.23 Å². The third-order valence-electron chi connectivity index (χ3n) is 5.82.